The fraction of sp³-hybridized carbons (Fsp3) is 0.500. The molecule has 19 heavy (non-hydrogen) atoms. The van der Waals surface area contributed by atoms with E-state index in [9.17, 15) is 0 Å². The van der Waals surface area contributed by atoms with E-state index in [1.165, 1.54) is 35.1 Å². The SMILES string of the molecule is Cc1[nH]c2ccccc2c1N(C)C1CCC(N)CC1. The second kappa shape index (κ2) is 4.89. The molecule has 3 N–H and O–H groups in total. The monoisotopic (exact) mass is 257 g/mol. The fourth-order valence-corrected chi connectivity index (χ4v) is 3.39. The lowest BCUT2D eigenvalue weighted by molar-refractivity contribution is 0.385. The van der Waals surface area contributed by atoms with Crippen molar-refractivity contribution in [1.29, 1.82) is 0 Å². The Balaban J connectivity index is 1.93. The van der Waals surface area contributed by atoms with Crippen LogP contribution in [0.3, 0.4) is 0 Å². The first-order valence-corrected chi connectivity index (χ1v) is 7.22. The quantitative estimate of drug-likeness (QED) is 0.868. The van der Waals surface area contributed by atoms with E-state index in [0.29, 0.717) is 12.1 Å². The minimum absolute atomic E-state index is 0.411. The number of hydrogen-bond donors (Lipinski definition) is 2. The van der Waals surface area contributed by atoms with Gasteiger partial charge in [-0.2, -0.15) is 0 Å². The molecule has 2 aromatic rings. The van der Waals surface area contributed by atoms with Crippen LogP contribution in [0.4, 0.5) is 5.69 Å². The summed E-state index contributed by atoms with van der Waals surface area (Å²) >= 11 is 0. The first-order valence-electron chi connectivity index (χ1n) is 7.22. The topological polar surface area (TPSA) is 45.0 Å². The predicted octanol–water partition coefficient (Wildman–Crippen LogP) is 3.18. The van der Waals surface area contributed by atoms with Gasteiger partial charge < -0.3 is 15.6 Å². The molecule has 0 bridgehead atoms. The Hall–Kier alpha value is -1.48. The number of H-pyrrole nitrogens is 1. The Kier molecular flexibility index (Phi) is 3.23. The summed E-state index contributed by atoms with van der Waals surface area (Å²) < 4.78 is 0. The molecule has 1 heterocycles. The average molecular weight is 257 g/mol. The van der Waals surface area contributed by atoms with Crippen molar-refractivity contribution in [3.05, 3.63) is 30.0 Å². The van der Waals surface area contributed by atoms with Crippen molar-refractivity contribution in [2.24, 2.45) is 5.73 Å². The normalized spacial score (nSPS) is 23.7. The molecule has 0 unspecified atom stereocenters. The van der Waals surface area contributed by atoms with Crippen molar-refractivity contribution < 1.29 is 0 Å². The predicted molar refractivity (Wildman–Crippen MR) is 81.7 cm³/mol. The summed E-state index contributed by atoms with van der Waals surface area (Å²) in [6.07, 6.45) is 4.71. The Morgan fingerprint density at radius 3 is 2.58 bits per heavy atom. The van der Waals surface area contributed by atoms with Crippen LogP contribution >= 0.6 is 0 Å². The number of aryl methyl sites for hydroxylation is 1. The van der Waals surface area contributed by atoms with Gasteiger partial charge in [-0.15, -0.1) is 0 Å². The molecule has 1 aliphatic carbocycles. The molecule has 0 atom stereocenters. The van der Waals surface area contributed by atoms with Crippen molar-refractivity contribution >= 4 is 16.6 Å². The lowest BCUT2D eigenvalue weighted by Gasteiger charge is -2.35. The summed E-state index contributed by atoms with van der Waals surface area (Å²) in [4.78, 5) is 5.95. The molecule has 102 valence electrons. The Morgan fingerprint density at radius 2 is 1.84 bits per heavy atom. The molecule has 1 aliphatic rings. The van der Waals surface area contributed by atoms with E-state index in [4.69, 9.17) is 5.73 Å². The first kappa shape index (κ1) is 12.5. The van der Waals surface area contributed by atoms with Gasteiger partial charge in [0, 0.05) is 35.7 Å². The third-order valence-corrected chi connectivity index (χ3v) is 4.50. The number of nitrogens with one attached hydrogen (secondary N) is 1. The molecule has 0 aliphatic heterocycles. The Bertz CT molecular complexity index is 564. The molecule has 1 saturated carbocycles. The number of hydrogen-bond acceptors (Lipinski definition) is 2. The Labute approximate surface area is 114 Å². The smallest absolute Gasteiger partial charge is 0.0654 e. The van der Waals surface area contributed by atoms with E-state index in [0.717, 1.165) is 12.8 Å². The van der Waals surface area contributed by atoms with Crippen LogP contribution in [-0.4, -0.2) is 24.1 Å². The highest BCUT2D eigenvalue weighted by atomic mass is 15.1. The van der Waals surface area contributed by atoms with Crippen LogP contribution in [0, 0.1) is 6.92 Å². The molecule has 3 heteroatoms. The molecule has 0 amide bonds. The van der Waals surface area contributed by atoms with Crippen LogP contribution in [0.25, 0.3) is 10.9 Å². The molecule has 0 saturated heterocycles. The van der Waals surface area contributed by atoms with Gasteiger partial charge in [0.15, 0.2) is 0 Å². The summed E-state index contributed by atoms with van der Waals surface area (Å²) in [7, 11) is 2.23. The summed E-state index contributed by atoms with van der Waals surface area (Å²) in [5.41, 5.74) is 9.86. The maximum absolute atomic E-state index is 6.01. The zero-order valence-electron chi connectivity index (χ0n) is 11.8. The third-order valence-electron chi connectivity index (χ3n) is 4.50. The summed E-state index contributed by atoms with van der Waals surface area (Å²) in [6, 6.07) is 9.59. The highest BCUT2D eigenvalue weighted by Crippen LogP contribution is 2.34. The van der Waals surface area contributed by atoms with Gasteiger partial charge in [-0.3, -0.25) is 0 Å². The molecule has 1 fully saturated rings. The maximum atomic E-state index is 6.01. The van der Waals surface area contributed by atoms with E-state index in [1.807, 2.05) is 0 Å². The fourth-order valence-electron chi connectivity index (χ4n) is 3.39. The van der Waals surface area contributed by atoms with Crippen molar-refractivity contribution in [2.45, 2.75) is 44.7 Å². The first-order chi connectivity index (χ1) is 9.16. The van der Waals surface area contributed by atoms with Crippen molar-refractivity contribution in [2.75, 3.05) is 11.9 Å². The van der Waals surface area contributed by atoms with Crippen molar-refractivity contribution in [3.63, 3.8) is 0 Å². The van der Waals surface area contributed by atoms with Gasteiger partial charge in [-0.05, 0) is 38.7 Å². The summed E-state index contributed by atoms with van der Waals surface area (Å²) in [5.74, 6) is 0. The number of aromatic nitrogens is 1. The van der Waals surface area contributed by atoms with Gasteiger partial charge in [0.2, 0.25) is 0 Å². The maximum Gasteiger partial charge on any atom is 0.0654 e. The Morgan fingerprint density at radius 1 is 1.16 bits per heavy atom. The van der Waals surface area contributed by atoms with Crippen LogP contribution in [0.1, 0.15) is 31.4 Å². The number of para-hydroxylation sites is 1. The molecule has 0 spiro atoms. The lowest BCUT2D eigenvalue weighted by Crippen LogP contribution is -2.38. The highest BCUT2D eigenvalue weighted by molar-refractivity contribution is 5.94. The van der Waals surface area contributed by atoms with Gasteiger partial charge >= 0.3 is 0 Å². The lowest BCUT2D eigenvalue weighted by atomic mass is 9.90. The zero-order valence-corrected chi connectivity index (χ0v) is 11.8. The van der Waals surface area contributed by atoms with Crippen LogP contribution in [0.15, 0.2) is 24.3 Å². The van der Waals surface area contributed by atoms with Crippen LogP contribution in [0.5, 0.6) is 0 Å². The van der Waals surface area contributed by atoms with Crippen LogP contribution < -0.4 is 10.6 Å². The number of nitrogens with zero attached hydrogens (tertiary/aromatic N) is 1. The second-order valence-corrected chi connectivity index (χ2v) is 5.82. The van der Waals surface area contributed by atoms with E-state index >= 15 is 0 Å². The number of rotatable bonds is 2. The highest BCUT2D eigenvalue weighted by Gasteiger charge is 2.24. The molecular formula is C16H23N3. The second-order valence-electron chi connectivity index (χ2n) is 5.82. The van der Waals surface area contributed by atoms with Crippen LogP contribution in [-0.2, 0) is 0 Å². The molecule has 0 radical (unpaired) electrons. The van der Waals surface area contributed by atoms with Gasteiger partial charge in [0.1, 0.15) is 0 Å². The number of benzene rings is 1. The van der Waals surface area contributed by atoms with E-state index in [-0.39, 0.29) is 0 Å². The molecule has 1 aromatic carbocycles. The largest absolute Gasteiger partial charge is 0.370 e. The summed E-state index contributed by atoms with van der Waals surface area (Å²) in [6.45, 7) is 2.17. The van der Waals surface area contributed by atoms with Gasteiger partial charge in [-0.25, -0.2) is 0 Å². The number of fused-ring (bicyclic) bond motifs is 1. The average Bonchev–Trinajstić information content (AvgIpc) is 2.74. The van der Waals surface area contributed by atoms with Crippen LogP contribution in [0.2, 0.25) is 0 Å². The minimum atomic E-state index is 0.411. The molecule has 3 nitrogen and oxygen atoms in total. The molecular weight excluding hydrogens is 234 g/mol. The standard InChI is InChI=1S/C16H23N3/c1-11-16(14-5-3-4-6-15(14)18-11)19(2)13-9-7-12(17)8-10-13/h3-6,12-13,18H,7-10,17H2,1-2H3. The van der Waals surface area contributed by atoms with Gasteiger partial charge in [0.25, 0.3) is 0 Å². The molecule has 3 rings (SSSR count). The minimum Gasteiger partial charge on any atom is -0.370 e. The number of nitrogens with two attached hydrogens (primary N) is 1. The van der Waals surface area contributed by atoms with Gasteiger partial charge in [-0.1, -0.05) is 18.2 Å². The zero-order chi connectivity index (χ0) is 13.4. The third kappa shape index (κ3) is 2.23. The number of aromatic amines is 1. The number of anilines is 1. The van der Waals surface area contributed by atoms with Crippen molar-refractivity contribution in [1.82, 2.24) is 4.98 Å². The van der Waals surface area contributed by atoms with E-state index in [1.54, 1.807) is 0 Å². The molecule has 1 aromatic heterocycles. The van der Waals surface area contributed by atoms with E-state index < -0.39 is 0 Å². The summed E-state index contributed by atoms with van der Waals surface area (Å²) in [5, 5.41) is 1.33. The van der Waals surface area contributed by atoms with E-state index in [2.05, 4.69) is 48.1 Å². The van der Waals surface area contributed by atoms with Crippen molar-refractivity contribution in [3.8, 4) is 0 Å². The van der Waals surface area contributed by atoms with Gasteiger partial charge in [0.05, 0.1) is 5.69 Å².